The molecule has 2 aliphatic rings. The molecule has 0 bridgehead atoms. The first-order chi connectivity index (χ1) is 9.17. The SMILES string of the molecule is CCN1CC[C@@H]2[C@H](C1)OCCN2C(=O)[C@H](C)CSC. The number of likely N-dealkylation sites (tertiary alicyclic amines) is 1. The Labute approximate surface area is 120 Å². The Morgan fingerprint density at radius 1 is 1.47 bits per heavy atom. The Hall–Kier alpha value is -0.260. The van der Waals surface area contributed by atoms with Crippen LogP contribution in [0.25, 0.3) is 0 Å². The van der Waals surface area contributed by atoms with E-state index in [4.69, 9.17) is 4.74 Å². The van der Waals surface area contributed by atoms with E-state index in [2.05, 4.69) is 23.0 Å². The smallest absolute Gasteiger partial charge is 0.226 e. The van der Waals surface area contributed by atoms with Gasteiger partial charge in [0.25, 0.3) is 0 Å². The Morgan fingerprint density at radius 3 is 2.95 bits per heavy atom. The van der Waals surface area contributed by atoms with Crippen molar-refractivity contribution in [2.75, 3.05) is 44.8 Å². The van der Waals surface area contributed by atoms with E-state index in [1.54, 1.807) is 11.8 Å². The van der Waals surface area contributed by atoms with Crippen LogP contribution in [0.4, 0.5) is 0 Å². The van der Waals surface area contributed by atoms with Crippen molar-refractivity contribution in [2.45, 2.75) is 32.4 Å². The van der Waals surface area contributed by atoms with E-state index in [9.17, 15) is 4.79 Å². The third kappa shape index (κ3) is 3.44. The zero-order valence-electron chi connectivity index (χ0n) is 12.3. The molecule has 1 amide bonds. The van der Waals surface area contributed by atoms with Gasteiger partial charge >= 0.3 is 0 Å². The maximum Gasteiger partial charge on any atom is 0.226 e. The van der Waals surface area contributed by atoms with E-state index < -0.39 is 0 Å². The van der Waals surface area contributed by atoms with E-state index in [-0.39, 0.29) is 12.0 Å². The standard InChI is InChI=1S/C14H26N2O2S/c1-4-15-6-5-12-13(9-15)18-8-7-16(12)14(17)11(2)10-19-3/h11-13H,4-10H2,1-3H3/t11-,12-,13+/m1/s1. The molecule has 4 nitrogen and oxygen atoms in total. The van der Waals surface area contributed by atoms with Crippen molar-refractivity contribution in [2.24, 2.45) is 5.92 Å². The van der Waals surface area contributed by atoms with Crippen LogP contribution in [0.15, 0.2) is 0 Å². The molecule has 2 saturated heterocycles. The second-order valence-electron chi connectivity index (χ2n) is 5.55. The summed E-state index contributed by atoms with van der Waals surface area (Å²) in [5.74, 6) is 1.35. The molecule has 2 aliphatic heterocycles. The second kappa shape index (κ2) is 6.95. The van der Waals surface area contributed by atoms with Gasteiger partial charge in [0.1, 0.15) is 0 Å². The number of morpholine rings is 1. The lowest BCUT2D eigenvalue weighted by atomic mass is 9.97. The molecular formula is C14H26N2O2S. The molecular weight excluding hydrogens is 260 g/mol. The first-order valence-corrected chi connectivity index (χ1v) is 8.70. The van der Waals surface area contributed by atoms with Crippen LogP contribution in [0.5, 0.6) is 0 Å². The molecule has 0 unspecified atom stereocenters. The first-order valence-electron chi connectivity index (χ1n) is 7.30. The fourth-order valence-electron chi connectivity index (χ4n) is 3.12. The second-order valence-corrected chi connectivity index (χ2v) is 6.46. The summed E-state index contributed by atoms with van der Waals surface area (Å²) < 4.78 is 5.89. The number of hydrogen-bond donors (Lipinski definition) is 0. The molecule has 2 fully saturated rings. The summed E-state index contributed by atoms with van der Waals surface area (Å²) in [7, 11) is 0. The zero-order chi connectivity index (χ0) is 13.8. The molecule has 0 aromatic carbocycles. The molecule has 0 N–H and O–H groups in total. The van der Waals surface area contributed by atoms with Crippen molar-refractivity contribution in [1.29, 1.82) is 0 Å². The number of amides is 1. The van der Waals surface area contributed by atoms with Gasteiger partial charge in [-0.1, -0.05) is 13.8 Å². The van der Waals surface area contributed by atoms with Gasteiger partial charge in [-0.2, -0.15) is 11.8 Å². The number of carbonyl (C=O) groups excluding carboxylic acids is 1. The van der Waals surface area contributed by atoms with Crippen molar-refractivity contribution in [3.8, 4) is 0 Å². The lowest BCUT2D eigenvalue weighted by Crippen LogP contribution is -2.61. The molecule has 0 aliphatic carbocycles. The molecule has 19 heavy (non-hydrogen) atoms. The van der Waals surface area contributed by atoms with Gasteiger partial charge in [-0.3, -0.25) is 4.79 Å². The number of nitrogens with zero attached hydrogens (tertiary/aromatic N) is 2. The van der Waals surface area contributed by atoms with E-state index in [1.165, 1.54) is 0 Å². The number of hydrogen-bond acceptors (Lipinski definition) is 4. The van der Waals surface area contributed by atoms with Gasteiger partial charge in [-0.05, 0) is 19.2 Å². The third-order valence-corrected chi connectivity index (χ3v) is 5.07. The summed E-state index contributed by atoms with van der Waals surface area (Å²) in [5.41, 5.74) is 0. The summed E-state index contributed by atoms with van der Waals surface area (Å²) in [5, 5.41) is 0. The van der Waals surface area contributed by atoms with Gasteiger partial charge in [0.2, 0.25) is 5.91 Å². The monoisotopic (exact) mass is 286 g/mol. The fraction of sp³-hybridized carbons (Fsp3) is 0.929. The van der Waals surface area contributed by atoms with Crippen molar-refractivity contribution in [1.82, 2.24) is 9.80 Å². The highest BCUT2D eigenvalue weighted by atomic mass is 32.2. The summed E-state index contributed by atoms with van der Waals surface area (Å²) in [4.78, 5) is 17.1. The molecule has 0 aromatic rings. The Bertz CT molecular complexity index is 314. The zero-order valence-corrected chi connectivity index (χ0v) is 13.1. The van der Waals surface area contributed by atoms with E-state index >= 15 is 0 Å². The highest BCUT2D eigenvalue weighted by molar-refractivity contribution is 7.98. The minimum atomic E-state index is 0.123. The molecule has 0 spiro atoms. The largest absolute Gasteiger partial charge is 0.373 e. The predicted molar refractivity (Wildman–Crippen MR) is 79.5 cm³/mol. The molecule has 0 aromatic heterocycles. The highest BCUT2D eigenvalue weighted by Crippen LogP contribution is 2.25. The lowest BCUT2D eigenvalue weighted by Gasteiger charge is -2.47. The average Bonchev–Trinajstić information content (AvgIpc) is 2.45. The topological polar surface area (TPSA) is 32.8 Å². The van der Waals surface area contributed by atoms with Crippen LogP contribution in [0.2, 0.25) is 0 Å². The maximum absolute atomic E-state index is 12.5. The van der Waals surface area contributed by atoms with Crippen LogP contribution >= 0.6 is 11.8 Å². The van der Waals surface area contributed by atoms with Crippen LogP contribution in [0, 0.1) is 5.92 Å². The van der Waals surface area contributed by atoms with Crippen LogP contribution in [0.1, 0.15) is 20.3 Å². The average molecular weight is 286 g/mol. The van der Waals surface area contributed by atoms with Crippen LogP contribution in [-0.2, 0) is 9.53 Å². The van der Waals surface area contributed by atoms with Crippen molar-refractivity contribution in [3.63, 3.8) is 0 Å². The van der Waals surface area contributed by atoms with Gasteiger partial charge in [0.15, 0.2) is 0 Å². The molecule has 3 atom stereocenters. The molecule has 2 heterocycles. The quantitative estimate of drug-likeness (QED) is 0.780. The number of likely N-dealkylation sites (N-methyl/N-ethyl adjacent to an activating group) is 1. The van der Waals surface area contributed by atoms with Crippen LogP contribution < -0.4 is 0 Å². The molecule has 5 heteroatoms. The van der Waals surface area contributed by atoms with E-state index in [0.717, 1.165) is 38.4 Å². The van der Waals surface area contributed by atoms with Crippen molar-refractivity contribution < 1.29 is 9.53 Å². The van der Waals surface area contributed by atoms with Gasteiger partial charge in [-0.15, -0.1) is 0 Å². The molecule has 2 rings (SSSR count). The fourth-order valence-corrected chi connectivity index (χ4v) is 3.76. The first kappa shape index (κ1) is 15.1. The lowest BCUT2D eigenvalue weighted by molar-refractivity contribution is -0.155. The number of rotatable bonds is 4. The number of ether oxygens (including phenoxy) is 1. The maximum atomic E-state index is 12.5. The molecule has 0 radical (unpaired) electrons. The minimum absolute atomic E-state index is 0.123. The summed E-state index contributed by atoms with van der Waals surface area (Å²) in [6, 6.07) is 0.299. The number of piperidine rings is 1. The molecule has 0 saturated carbocycles. The van der Waals surface area contributed by atoms with Crippen molar-refractivity contribution >= 4 is 17.7 Å². The van der Waals surface area contributed by atoms with Crippen LogP contribution in [-0.4, -0.2) is 72.6 Å². The Morgan fingerprint density at radius 2 is 2.26 bits per heavy atom. The minimum Gasteiger partial charge on any atom is -0.373 e. The Kier molecular flexibility index (Phi) is 5.54. The van der Waals surface area contributed by atoms with Crippen LogP contribution in [0.3, 0.4) is 0 Å². The van der Waals surface area contributed by atoms with Gasteiger partial charge < -0.3 is 14.5 Å². The predicted octanol–water partition coefficient (Wildman–Crippen LogP) is 1.31. The van der Waals surface area contributed by atoms with Crippen molar-refractivity contribution in [3.05, 3.63) is 0 Å². The van der Waals surface area contributed by atoms with E-state index in [0.29, 0.717) is 18.6 Å². The summed E-state index contributed by atoms with van der Waals surface area (Å²) >= 11 is 1.75. The number of carbonyl (C=O) groups is 1. The van der Waals surface area contributed by atoms with Gasteiger partial charge in [-0.25, -0.2) is 0 Å². The normalized spacial score (nSPS) is 29.9. The van der Waals surface area contributed by atoms with Gasteiger partial charge in [0.05, 0.1) is 18.8 Å². The Balaban J connectivity index is 2.00. The molecule has 110 valence electrons. The summed E-state index contributed by atoms with van der Waals surface area (Å²) in [6.45, 7) is 8.82. The number of thioether (sulfide) groups is 1. The third-order valence-electron chi connectivity index (χ3n) is 4.24. The number of fused-ring (bicyclic) bond motifs is 1. The van der Waals surface area contributed by atoms with E-state index in [1.807, 2.05) is 6.92 Å². The summed E-state index contributed by atoms with van der Waals surface area (Å²) in [6.07, 6.45) is 3.33. The highest BCUT2D eigenvalue weighted by Gasteiger charge is 2.39. The van der Waals surface area contributed by atoms with Gasteiger partial charge in [0, 0.05) is 31.3 Å².